The normalized spacial score (nSPS) is 15.4. The number of anilines is 2. The predicted octanol–water partition coefficient (Wildman–Crippen LogP) is 2.67. The Labute approximate surface area is 206 Å². The van der Waals surface area contributed by atoms with Crippen LogP contribution in [0.1, 0.15) is 26.7 Å². The summed E-state index contributed by atoms with van der Waals surface area (Å²) < 4.78 is 64.3. The monoisotopic (exact) mass is 525 g/mol. The van der Waals surface area contributed by atoms with Gasteiger partial charge in [0.05, 0.1) is 36.2 Å². The summed E-state index contributed by atoms with van der Waals surface area (Å²) in [6.07, 6.45) is 2.60. The SMILES string of the molecule is CCOc1ccc(N([C@H](C)C(=O)Nc2cc(S(=O)(=O)N3CCCC3)ccc2OC)S(C)(=O)=O)cc1. The molecule has 1 amide bonds. The fourth-order valence-electron chi connectivity index (χ4n) is 3.92. The van der Waals surface area contributed by atoms with Crippen molar-refractivity contribution in [1.82, 2.24) is 4.31 Å². The zero-order valence-electron chi connectivity index (χ0n) is 20.2. The van der Waals surface area contributed by atoms with Crippen LogP contribution in [0.5, 0.6) is 11.5 Å². The lowest BCUT2D eigenvalue weighted by molar-refractivity contribution is -0.116. The molecule has 1 aliphatic rings. The molecule has 0 bridgehead atoms. The summed E-state index contributed by atoms with van der Waals surface area (Å²) in [6, 6.07) is 9.43. The van der Waals surface area contributed by atoms with Gasteiger partial charge in [-0.1, -0.05) is 0 Å². The van der Waals surface area contributed by atoms with Crippen molar-refractivity contribution >= 4 is 37.3 Å². The Morgan fingerprint density at radius 3 is 2.26 bits per heavy atom. The summed E-state index contributed by atoms with van der Waals surface area (Å²) in [5.74, 6) is 0.166. The van der Waals surface area contributed by atoms with E-state index < -0.39 is 32.0 Å². The molecule has 2 aromatic rings. The standard InChI is InChI=1S/C23H31N3O7S2/c1-5-33-19-10-8-18(9-11-19)26(34(4,28)29)17(2)23(27)24-21-16-20(12-13-22(21)32-3)35(30,31)25-14-6-7-15-25/h8-13,16-17H,5-7,14-15H2,1-4H3,(H,24,27)/t17-/m1/s1. The third-order valence-corrected chi connectivity index (χ3v) is 8.76. The average molecular weight is 526 g/mol. The van der Waals surface area contributed by atoms with Gasteiger partial charge >= 0.3 is 0 Å². The molecule has 10 nitrogen and oxygen atoms in total. The van der Waals surface area contributed by atoms with Gasteiger partial charge in [0.25, 0.3) is 0 Å². The summed E-state index contributed by atoms with van der Waals surface area (Å²) in [7, 11) is -6.17. The maximum absolute atomic E-state index is 13.2. The minimum Gasteiger partial charge on any atom is -0.495 e. The van der Waals surface area contributed by atoms with E-state index in [4.69, 9.17) is 9.47 Å². The molecule has 1 N–H and O–H groups in total. The summed E-state index contributed by atoms with van der Waals surface area (Å²) in [5, 5.41) is 2.64. The molecule has 0 aliphatic carbocycles. The minimum absolute atomic E-state index is 0.0228. The van der Waals surface area contributed by atoms with Gasteiger partial charge in [0.2, 0.25) is 26.0 Å². The molecule has 35 heavy (non-hydrogen) atoms. The fraction of sp³-hybridized carbons (Fsp3) is 0.435. The van der Waals surface area contributed by atoms with E-state index >= 15 is 0 Å². The Morgan fingerprint density at radius 1 is 1.09 bits per heavy atom. The van der Waals surface area contributed by atoms with E-state index in [9.17, 15) is 21.6 Å². The van der Waals surface area contributed by atoms with Crippen molar-refractivity contribution in [3.05, 3.63) is 42.5 Å². The van der Waals surface area contributed by atoms with Crippen molar-refractivity contribution in [2.75, 3.05) is 42.7 Å². The molecule has 0 saturated carbocycles. The van der Waals surface area contributed by atoms with E-state index in [0.29, 0.717) is 25.4 Å². The first kappa shape index (κ1) is 26.8. The lowest BCUT2D eigenvalue weighted by atomic mass is 10.2. The van der Waals surface area contributed by atoms with Crippen LogP contribution in [0.3, 0.4) is 0 Å². The van der Waals surface area contributed by atoms with Crippen LogP contribution in [0.15, 0.2) is 47.4 Å². The minimum atomic E-state index is -3.84. The smallest absolute Gasteiger partial charge is 0.248 e. The Morgan fingerprint density at radius 2 is 1.71 bits per heavy atom. The van der Waals surface area contributed by atoms with Gasteiger partial charge < -0.3 is 14.8 Å². The number of hydrogen-bond acceptors (Lipinski definition) is 7. The average Bonchev–Trinajstić information content (AvgIpc) is 3.35. The van der Waals surface area contributed by atoms with Crippen molar-refractivity contribution in [3.8, 4) is 11.5 Å². The molecule has 192 valence electrons. The van der Waals surface area contributed by atoms with E-state index in [0.717, 1.165) is 23.4 Å². The highest BCUT2D eigenvalue weighted by Gasteiger charge is 2.31. The fourth-order valence-corrected chi connectivity index (χ4v) is 6.64. The first-order valence-corrected chi connectivity index (χ1v) is 14.5. The van der Waals surface area contributed by atoms with Gasteiger partial charge in [-0.2, -0.15) is 4.31 Å². The third-order valence-electron chi connectivity index (χ3n) is 5.62. The number of nitrogens with zero attached hydrogens (tertiary/aromatic N) is 2. The van der Waals surface area contributed by atoms with Crippen molar-refractivity contribution in [1.29, 1.82) is 0 Å². The molecule has 2 aromatic carbocycles. The van der Waals surface area contributed by atoms with Crippen LogP contribution < -0.4 is 19.1 Å². The number of hydrogen-bond donors (Lipinski definition) is 1. The maximum Gasteiger partial charge on any atom is 0.248 e. The third kappa shape index (κ3) is 6.06. The van der Waals surface area contributed by atoms with Crippen LogP contribution >= 0.6 is 0 Å². The van der Waals surface area contributed by atoms with Crippen LogP contribution in [-0.4, -0.2) is 66.2 Å². The van der Waals surface area contributed by atoms with Gasteiger partial charge in [-0.15, -0.1) is 0 Å². The number of ether oxygens (including phenoxy) is 2. The molecule has 1 heterocycles. The van der Waals surface area contributed by atoms with Crippen molar-refractivity contribution < 1.29 is 31.1 Å². The zero-order valence-corrected chi connectivity index (χ0v) is 21.9. The van der Waals surface area contributed by atoms with E-state index in [2.05, 4.69) is 5.32 Å². The van der Waals surface area contributed by atoms with E-state index in [-0.39, 0.29) is 22.0 Å². The van der Waals surface area contributed by atoms with Gasteiger partial charge in [-0.25, -0.2) is 16.8 Å². The van der Waals surface area contributed by atoms with Crippen LogP contribution in [-0.2, 0) is 24.8 Å². The lowest BCUT2D eigenvalue weighted by Crippen LogP contribution is -2.45. The van der Waals surface area contributed by atoms with Gasteiger partial charge in [-0.05, 0) is 69.2 Å². The molecule has 1 aliphatic heterocycles. The Hall–Kier alpha value is -2.83. The van der Waals surface area contributed by atoms with Crippen LogP contribution in [0.4, 0.5) is 11.4 Å². The number of benzene rings is 2. The van der Waals surface area contributed by atoms with Crippen LogP contribution in [0.25, 0.3) is 0 Å². The number of amides is 1. The summed E-state index contributed by atoms with van der Waals surface area (Å²) in [6.45, 7) is 4.63. The van der Waals surface area contributed by atoms with Crippen LogP contribution in [0, 0.1) is 0 Å². The first-order chi connectivity index (χ1) is 16.5. The number of carbonyl (C=O) groups excluding carboxylic acids is 1. The molecular formula is C23H31N3O7S2. The largest absolute Gasteiger partial charge is 0.495 e. The predicted molar refractivity (Wildman–Crippen MR) is 134 cm³/mol. The molecule has 1 fully saturated rings. The number of sulfonamides is 2. The van der Waals surface area contributed by atoms with Gasteiger partial charge in [0.1, 0.15) is 17.5 Å². The Balaban J connectivity index is 1.90. The van der Waals surface area contributed by atoms with E-state index in [1.807, 2.05) is 6.92 Å². The number of carbonyl (C=O) groups is 1. The topological polar surface area (TPSA) is 122 Å². The molecule has 0 radical (unpaired) electrons. The highest BCUT2D eigenvalue weighted by atomic mass is 32.2. The van der Waals surface area contributed by atoms with Crippen molar-refractivity contribution in [2.45, 2.75) is 37.6 Å². The first-order valence-electron chi connectivity index (χ1n) is 11.2. The lowest BCUT2D eigenvalue weighted by Gasteiger charge is -2.28. The van der Waals surface area contributed by atoms with Crippen LogP contribution in [0.2, 0.25) is 0 Å². The maximum atomic E-state index is 13.2. The Bertz CT molecular complexity index is 1260. The zero-order chi connectivity index (χ0) is 25.8. The quantitative estimate of drug-likeness (QED) is 0.506. The van der Waals surface area contributed by atoms with Crippen molar-refractivity contribution in [3.63, 3.8) is 0 Å². The number of methoxy groups -OCH3 is 1. The van der Waals surface area contributed by atoms with Crippen molar-refractivity contribution in [2.24, 2.45) is 0 Å². The number of nitrogens with one attached hydrogen (secondary N) is 1. The molecule has 0 unspecified atom stereocenters. The van der Waals surface area contributed by atoms with E-state index in [1.165, 1.54) is 36.5 Å². The number of rotatable bonds is 10. The molecule has 0 aromatic heterocycles. The summed E-state index contributed by atoms with van der Waals surface area (Å²) in [4.78, 5) is 13.2. The second-order valence-corrected chi connectivity index (χ2v) is 11.9. The van der Waals surface area contributed by atoms with E-state index in [1.54, 1.807) is 24.3 Å². The highest BCUT2D eigenvalue weighted by Crippen LogP contribution is 2.31. The second-order valence-electron chi connectivity index (χ2n) is 8.12. The molecule has 1 atom stereocenters. The summed E-state index contributed by atoms with van der Waals surface area (Å²) >= 11 is 0. The molecule has 1 saturated heterocycles. The Kier molecular flexibility index (Phi) is 8.29. The van der Waals surface area contributed by atoms with Gasteiger partial charge in [0.15, 0.2) is 0 Å². The van der Waals surface area contributed by atoms with Gasteiger partial charge in [-0.3, -0.25) is 9.10 Å². The van der Waals surface area contributed by atoms with Gasteiger partial charge in [0, 0.05) is 13.1 Å². The highest BCUT2D eigenvalue weighted by molar-refractivity contribution is 7.92. The second kappa shape index (κ2) is 10.8. The molecular weight excluding hydrogens is 494 g/mol. The molecule has 3 rings (SSSR count). The molecule has 12 heteroatoms. The molecule has 0 spiro atoms. The summed E-state index contributed by atoms with van der Waals surface area (Å²) in [5.41, 5.74) is 0.417.